The van der Waals surface area contributed by atoms with Crippen LogP contribution in [-0.4, -0.2) is 28.5 Å². The number of aliphatic carboxylic acids is 1. The number of anilines is 2. The van der Waals surface area contributed by atoms with E-state index in [4.69, 9.17) is 5.11 Å². The monoisotopic (exact) mass is 305 g/mol. The Balaban J connectivity index is 2.09. The number of carboxylic acid groups (broad SMARTS) is 1. The third-order valence-electron chi connectivity index (χ3n) is 2.76. The van der Waals surface area contributed by atoms with Crippen LogP contribution >= 0.6 is 11.3 Å². The van der Waals surface area contributed by atoms with Gasteiger partial charge < -0.3 is 10.4 Å². The number of nitrogens with one attached hydrogen (secondary N) is 2. The number of carbonyl (C=O) groups excluding carboxylic acids is 1. The molecule has 0 saturated carbocycles. The SMILES string of the molecule is Cc1cnc(NC(=O)c2ccc(NCC(=O)O)cc2C)s1. The van der Waals surface area contributed by atoms with E-state index in [1.165, 1.54) is 11.3 Å². The summed E-state index contributed by atoms with van der Waals surface area (Å²) in [6.45, 7) is 3.55. The van der Waals surface area contributed by atoms with E-state index in [1.807, 2.05) is 6.92 Å². The van der Waals surface area contributed by atoms with Gasteiger partial charge in [-0.1, -0.05) is 0 Å². The normalized spacial score (nSPS) is 10.2. The van der Waals surface area contributed by atoms with Gasteiger partial charge in [-0.2, -0.15) is 0 Å². The molecule has 0 spiro atoms. The molecule has 1 heterocycles. The number of thiazole rings is 1. The van der Waals surface area contributed by atoms with Gasteiger partial charge in [0.15, 0.2) is 5.13 Å². The maximum Gasteiger partial charge on any atom is 0.322 e. The number of rotatable bonds is 5. The second-order valence-corrected chi connectivity index (χ2v) is 5.74. The van der Waals surface area contributed by atoms with Gasteiger partial charge in [-0.25, -0.2) is 4.98 Å². The average molecular weight is 305 g/mol. The molecule has 1 aromatic carbocycles. The van der Waals surface area contributed by atoms with Crippen molar-refractivity contribution in [2.24, 2.45) is 0 Å². The molecule has 21 heavy (non-hydrogen) atoms. The molecular formula is C14H15N3O3S. The standard InChI is InChI=1S/C14H15N3O3S/c1-8-5-10(15-7-12(18)19)3-4-11(8)13(20)17-14-16-6-9(2)21-14/h3-6,15H,7H2,1-2H3,(H,18,19)(H,16,17,20). The Bertz CT molecular complexity index is 682. The number of nitrogens with zero attached hydrogens (tertiary/aromatic N) is 1. The maximum absolute atomic E-state index is 12.2. The highest BCUT2D eigenvalue weighted by atomic mass is 32.1. The van der Waals surface area contributed by atoms with E-state index in [0.29, 0.717) is 16.4 Å². The van der Waals surface area contributed by atoms with Crippen LogP contribution in [0.1, 0.15) is 20.8 Å². The number of carboxylic acids is 1. The van der Waals surface area contributed by atoms with Crippen molar-refractivity contribution in [3.63, 3.8) is 0 Å². The summed E-state index contributed by atoms with van der Waals surface area (Å²) in [5, 5.41) is 14.7. The first-order valence-electron chi connectivity index (χ1n) is 6.26. The number of benzene rings is 1. The van der Waals surface area contributed by atoms with Crippen molar-refractivity contribution in [3.05, 3.63) is 40.4 Å². The number of hydrogen-bond acceptors (Lipinski definition) is 5. The number of carbonyl (C=O) groups is 2. The van der Waals surface area contributed by atoms with Crippen molar-refractivity contribution in [3.8, 4) is 0 Å². The molecule has 7 heteroatoms. The fourth-order valence-electron chi connectivity index (χ4n) is 1.78. The Kier molecular flexibility index (Phi) is 4.54. The number of aromatic nitrogens is 1. The Morgan fingerprint density at radius 3 is 2.67 bits per heavy atom. The summed E-state index contributed by atoms with van der Waals surface area (Å²) in [4.78, 5) is 27.8. The van der Waals surface area contributed by atoms with Crippen molar-refractivity contribution in [1.82, 2.24) is 4.98 Å². The van der Waals surface area contributed by atoms with Crippen LogP contribution in [0.2, 0.25) is 0 Å². The highest BCUT2D eigenvalue weighted by molar-refractivity contribution is 7.15. The van der Waals surface area contributed by atoms with Crippen LogP contribution < -0.4 is 10.6 Å². The molecule has 0 saturated heterocycles. The molecular weight excluding hydrogens is 290 g/mol. The topological polar surface area (TPSA) is 91.3 Å². The molecule has 3 N–H and O–H groups in total. The predicted molar refractivity (Wildman–Crippen MR) is 82.1 cm³/mol. The largest absolute Gasteiger partial charge is 0.480 e. The molecule has 0 aliphatic heterocycles. The first kappa shape index (κ1) is 15.0. The second kappa shape index (κ2) is 6.36. The predicted octanol–water partition coefficient (Wildman–Crippen LogP) is 2.51. The van der Waals surface area contributed by atoms with Crippen LogP contribution in [0.3, 0.4) is 0 Å². The van der Waals surface area contributed by atoms with Gasteiger partial charge in [0, 0.05) is 22.3 Å². The molecule has 110 valence electrons. The van der Waals surface area contributed by atoms with E-state index >= 15 is 0 Å². The third kappa shape index (κ3) is 4.03. The summed E-state index contributed by atoms with van der Waals surface area (Å²) in [6, 6.07) is 5.08. The molecule has 0 bridgehead atoms. The highest BCUT2D eigenvalue weighted by Gasteiger charge is 2.11. The molecule has 1 aromatic heterocycles. The van der Waals surface area contributed by atoms with Crippen molar-refractivity contribution in [2.45, 2.75) is 13.8 Å². The minimum atomic E-state index is -0.936. The van der Waals surface area contributed by atoms with Gasteiger partial charge >= 0.3 is 5.97 Å². The first-order chi connectivity index (χ1) is 9.95. The summed E-state index contributed by atoms with van der Waals surface area (Å²) in [5.74, 6) is -1.17. The van der Waals surface area contributed by atoms with Gasteiger partial charge in [0.25, 0.3) is 5.91 Å². The molecule has 0 unspecified atom stereocenters. The van der Waals surface area contributed by atoms with Gasteiger partial charge in [-0.3, -0.25) is 14.9 Å². The molecule has 0 fully saturated rings. The molecule has 6 nitrogen and oxygen atoms in total. The van der Waals surface area contributed by atoms with Gasteiger partial charge in [0.2, 0.25) is 0 Å². The molecule has 1 amide bonds. The maximum atomic E-state index is 12.2. The van der Waals surface area contributed by atoms with E-state index in [9.17, 15) is 9.59 Å². The Labute approximate surface area is 125 Å². The zero-order chi connectivity index (χ0) is 15.4. The van der Waals surface area contributed by atoms with Crippen molar-refractivity contribution >= 4 is 34.0 Å². The molecule has 2 aromatic rings. The fourth-order valence-corrected chi connectivity index (χ4v) is 2.44. The minimum absolute atomic E-state index is 0.163. The second-order valence-electron chi connectivity index (χ2n) is 4.51. The summed E-state index contributed by atoms with van der Waals surface area (Å²) in [5.41, 5.74) is 1.96. The summed E-state index contributed by atoms with van der Waals surface area (Å²) >= 11 is 1.41. The fraction of sp³-hybridized carbons (Fsp3) is 0.214. The van der Waals surface area contributed by atoms with Crippen molar-refractivity contribution in [1.29, 1.82) is 0 Å². The Morgan fingerprint density at radius 1 is 1.33 bits per heavy atom. The lowest BCUT2D eigenvalue weighted by molar-refractivity contribution is -0.134. The van der Waals surface area contributed by atoms with Gasteiger partial charge in [-0.15, -0.1) is 11.3 Å². The molecule has 0 radical (unpaired) electrons. The molecule has 0 atom stereocenters. The number of aryl methyl sites for hydroxylation is 2. The zero-order valence-corrected chi connectivity index (χ0v) is 12.5. The van der Waals surface area contributed by atoms with Gasteiger partial charge in [-0.05, 0) is 37.6 Å². The average Bonchev–Trinajstić information content (AvgIpc) is 2.81. The Morgan fingerprint density at radius 2 is 2.10 bits per heavy atom. The van der Waals surface area contributed by atoms with Crippen LogP contribution in [0.5, 0.6) is 0 Å². The summed E-state index contributed by atoms with van der Waals surface area (Å²) in [6.07, 6.45) is 1.70. The lowest BCUT2D eigenvalue weighted by Crippen LogP contribution is -2.15. The first-order valence-corrected chi connectivity index (χ1v) is 7.07. The van der Waals surface area contributed by atoms with E-state index in [-0.39, 0.29) is 12.5 Å². The summed E-state index contributed by atoms with van der Waals surface area (Å²) < 4.78 is 0. The lowest BCUT2D eigenvalue weighted by atomic mass is 10.1. The zero-order valence-electron chi connectivity index (χ0n) is 11.6. The molecule has 0 aliphatic carbocycles. The molecule has 2 rings (SSSR count). The van der Waals surface area contributed by atoms with Gasteiger partial charge in [0.1, 0.15) is 6.54 Å². The number of hydrogen-bond donors (Lipinski definition) is 3. The van der Waals surface area contributed by atoms with E-state index in [1.54, 1.807) is 31.3 Å². The van der Waals surface area contributed by atoms with Gasteiger partial charge in [0.05, 0.1) is 0 Å². The van der Waals surface area contributed by atoms with Crippen LogP contribution in [0.25, 0.3) is 0 Å². The highest BCUT2D eigenvalue weighted by Crippen LogP contribution is 2.20. The third-order valence-corrected chi connectivity index (χ3v) is 3.58. The quantitative estimate of drug-likeness (QED) is 0.789. The number of amides is 1. The van der Waals surface area contributed by atoms with Crippen molar-refractivity contribution in [2.75, 3.05) is 17.2 Å². The molecule has 0 aliphatic rings. The van der Waals surface area contributed by atoms with Crippen LogP contribution in [0, 0.1) is 13.8 Å². The van der Waals surface area contributed by atoms with Crippen LogP contribution in [0.4, 0.5) is 10.8 Å². The smallest absolute Gasteiger partial charge is 0.322 e. The van der Waals surface area contributed by atoms with Crippen LogP contribution in [-0.2, 0) is 4.79 Å². The lowest BCUT2D eigenvalue weighted by Gasteiger charge is -2.09. The van der Waals surface area contributed by atoms with E-state index in [0.717, 1.165) is 10.4 Å². The van der Waals surface area contributed by atoms with Crippen LogP contribution in [0.15, 0.2) is 24.4 Å². The van der Waals surface area contributed by atoms with E-state index < -0.39 is 5.97 Å². The Hall–Kier alpha value is -2.41. The van der Waals surface area contributed by atoms with Crippen molar-refractivity contribution < 1.29 is 14.7 Å². The summed E-state index contributed by atoms with van der Waals surface area (Å²) in [7, 11) is 0. The van der Waals surface area contributed by atoms with E-state index in [2.05, 4.69) is 15.6 Å². The minimum Gasteiger partial charge on any atom is -0.480 e.